The number of aromatic nitrogens is 4. The molecule has 0 radical (unpaired) electrons. The van der Waals surface area contributed by atoms with Crippen LogP contribution < -0.4 is 31.2 Å². The van der Waals surface area contributed by atoms with Gasteiger partial charge >= 0.3 is 0 Å². The number of hydrogen-bond donors (Lipinski definition) is 4. The van der Waals surface area contributed by atoms with Crippen LogP contribution >= 0.6 is 45.9 Å². The van der Waals surface area contributed by atoms with Crippen LogP contribution in [0.4, 0.5) is 30.7 Å². The van der Waals surface area contributed by atoms with Crippen molar-refractivity contribution in [2.45, 2.75) is 94.4 Å². The van der Waals surface area contributed by atoms with E-state index in [4.69, 9.17) is 43.4 Å². The topological polar surface area (TPSA) is 149 Å². The average molecular weight is 908 g/mol. The van der Waals surface area contributed by atoms with Crippen LogP contribution in [0.2, 0.25) is 10.0 Å². The van der Waals surface area contributed by atoms with Crippen molar-refractivity contribution in [1.82, 2.24) is 25.3 Å². The van der Waals surface area contributed by atoms with Gasteiger partial charge in [-0.1, -0.05) is 47.5 Å². The molecule has 17 heteroatoms. The molecule has 4 heterocycles. The van der Waals surface area contributed by atoms with Crippen molar-refractivity contribution in [3.8, 4) is 11.5 Å². The van der Waals surface area contributed by atoms with Crippen molar-refractivity contribution in [3.63, 3.8) is 0 Å². The molecule has 2 fully saturated rings. The minimum absolute atomic E-state index is 0.0446. The highest BCUT2D eigenvalue weighted by Crippen LogP contribution is 2.36. The fourth-order valence-electron chi connectivity index (χ4n) is 7.74. The zero-order valence-electron chi connectivity index (χ0n) is 33.4. The Balaban J connectivity index is 0.000000185. The minimum atomic E-state index is -0.540. The number of ether oxygens (including phenoxy) is 2. The molecule has 6 aromatic rings. The second-order valence-electron chi connectivity index (χ2n) is 15.4. The molecule has 4 aromatic heterocycles. The first kappa shape index (κ1) is 44.1. The molecule has 11 nitrogen and oxygen atoms in total. The highest BCUT2D eigenvalue weighted by Gasteiger charge is 2.38. The molecular weight excluding hydrogens is 862 g/mol. The molecular formula is C44H46Cl2F2N8O3S2. The number of nitrogens with zero attached hydrogens (tertiary/aromatic N) is 4. The lowest BCUT2D eigenvalue weighted by Crippen LogP contribution is -2.53. The molecule has 0 saturated heterocycles. The summed E-state index contributed by atoms with van der Waals surface area (Å²) < 4.78 is 40.0. The van der Waals surface area contributed by atoms with Gasteiger partial charge in [-0.25, -0.2) is 28.7 Å². The van der Waals surface area contributed by atoms with Crippen LogP contribution in [0, 0.1) is 11.6 Å². The third-order valence-corrected chi connectivity index (χ3v) is 12.6. The largest absolute Gasteiger partial charge is 0.487 e. The number of thiazole rings is 2. The van der Waals surface area contributed by atoms with Crippen LogP contribution in [0.3, 0.4) is 0 Å². The van der Waals surface area contributed by atoms with Crippen LogP contribution in [0.1, 0.15) is 69.7 Å². The first-order valence-corrected chi connectivity index (χ1v) is 22.5. The molecule has 1 amide bonds. The maximum Gasteiger partial charge on any atom is 0.217 e. The summed E-state index contributed by atoms with van der Waals surface area (Å²) in [5.74, 6) is 0.710. The van der Waals surface area contributed by atoms with Gasteiger partial charge < -0.3 is 31.2 Å². The summed E-state index contributed by atoms with van der Waals surface area (Å²) in [7, 11) is 0. The monoisotopic (exact) mass is 906 g/mol. The number of hydrogen-bond acceptors (Lipinski definition) is 12. The highest BCUT2D eigenvalue weighted by molar-refractivity contribution is 7.13. The van der Waals surface area contributed by atoms with Crippen LogP contribution in [-0.4, -0.2) is 49.1 Å². The Morgan fingerprint density at radius 3 is 1.64 bits per heavy atom. The summed E-state index contributed by atoms with van der Waals surface area (Å²) in [6.45, 7) is 1.53. The zero-order valence-corrected chi connectivity index (χ0v) is 36.5. The second kappa shape index (κ2) is 20.3. The number of nitrogens with one attached hydrogen (secondary N) is 3. The Labute approximate surface area is 371 Å². The number of rotatable bonds is 13. The lowest BCUT2D eigenvalue weighted by Gasteiger charge is -2.40. The number of carbonyl (C=O) groups excluding carboxylic acids is 1. The van der Waals surface area contributed by atoms with Gasteiger partial charge in [0, 0.05) is 65.4 Å². The Morgan fingerprint density at radius 1 is 0.721 bits per heavy atom. The Morgan fingerprint density at radius 2 is 1.18 bits per heavy atom. The molecule has 0 aliphatic heterocycles. The summed E-state index contributed by atoms with van der Waals surface area (Å²) >= 11 is 14.7. The second-order valence-corrected chi connectivity index (χ2v) is 18.0. The number of halogens is 4. The van der Waals surface area contributed by atoms with E-state index in [1.54, 1.807) is 36.7 Å². The number of amides is 1. The van der Waals surface area contributed by atoms with Gasteiger partial charge in [-0.05, 0) is 99.9 Å². The molecule has 0 bridgehead atoms. The van der Waals surface area contributed by atoms with E-state index < -0.39 is 17.2 Å². The summed E-state index contributed by atoms with van der Waals surface area (Å²) in [5.41, 5.74) is 7.71. The fraction of sp³-hybridized carbons (Fsp3) is 0.341. The van der Waals surface area contributed by atoms with Crippen molar-refractivity contribution < 1.29 is 23.0 Å². The van der Waals surface area contributed by atoms with E-state index in [0.29, 0.717) is 44.3 Å². The number of benzene rings is 2. The first-order chi connectivity index (χ1) is 29.4. The molecule has 320 valence electrons. The van der Waals surface area contributed by atoms with Gasteiger partial charge in [-0.2, -0.15) is 0 Å². The molecule has 2 saturated carbocycles. The van der Waals surface area contributed by atoms with Gasteiger partial charge in [0.05, 0.1) is 22.3 Å². The van der Waals surface area contributed by atoms with Crippen LogP contribution in [0.5, 0.6) is 11.5 Å². The summed E-state index contributed by atoms with van der Waals surface area (Å²) in [5, 5.41) is 15.1. The molecule has 8 rings (SSSR count). The molecule has 0 atom stereocenters. The lowest BCUT2D eigenvalue weighted by molar-refractivity contribution is -0.121. The Bertz CT molecular complexity index is 2360. The maximum absolute atomic E-state index is 14.2. The van der Waals surface area contributed by atoms with Crippen molar-refractivity contribution >= 4 is 73.7 Å². The van der Waals surface area contributed by atoms with Gasteiger partial charge in [0.15, 0.2) is 33.4 Å². The fourth-order valence-corrected chi connectivity index (χ4v) is 9.15. The SMILES string of the molecule is CC(=O)NC1(Cc2cccc(Nc3nccs3)n2)CCC(Oc2cccc(Cl)c2F)CC1.NC1(Cc2cccc(Nc3nccs3)n2)CCC(Oc2cccc(Cl)c2F)CC1. The van der Waals surface area contributed by atoms with Crippen molar-refractivity contribution in [2.24, 2.45) is 5.73 Å². The average Bonchev–Trinajstić information content (AvgIpc) is 3.96. The van der Waals surface area contributed by atoms with E-state index in [0.717, 1.165) is 53.2 Å². The molecule has 0 unspecified atom stereocenters. The van der Waals surface area contributed by atoms with Crippen LogP contribution in [0.15, 0.2) is 96.0 Å². The van der Waals surface area contributed by atoms with Gasteiger partial charge in [0.1, 0.15) is 11.6 Å². The quantitative estimate of drug-likeness (QED) is 0.0882. The van der Waals surface area contributed by atoms with Gasteiger partial charge in [0.2, 0.25) is 5.91 Å². The standard InChI is InChI=1S/C23H24ClFN4O2S.C21H22ClFN4OS/c1-15(30)29-23(14-16-4-2-7-20(27-16)28-22-26-12-13-32-22)10-8-17(9-11-23)31-19-6-3-5-18(24)21(19)25;22-16-4-2-5-17(19(16)23)28-15-7-9-21(24,10-8-15)13-14-3-1-6-18(26-14)27-20-25-11-12-29-20/h2-7,12-13,17H,8-11,14H2,1H3,(H,29,30)(H,26,27,28);1-6,11-12,15H,7-10,13,24H2,(H,25,26,27). The van der Waals surface area contributed by atoms with Gasteiger partial charge in [-0.15, -0.1) is 22.7 Å². The smallest absolute Gasteiger partial charge is 0.217 e. The first-order valence-electron chi connectivity index (χ1n) is 20.0. The summed E-state index contributed by atoms with van der Waals surface area (Å²) in [6, 6.07) is 21.2. The van der Waals surface area contributed by atoms with Crippen LogP contribution in [-0.2, 0) is 17.6 Å². The van der Waals surface area contributed by atoms with E-state index >= 15 is 0 Å². The van der Waals surface area contributed by atoms with Crippen molar-refractivity contribution in [2.75, 3.05) is 10.6 Å². The predicted octanol–water partition coefficient (Wildman–Crippen LogP) is 10.8. The zero-order chi connectivity index (χ0) is 42.8. The molecule has 0 spiro atoms. The number of carbonyl (C=O) groups is 1. The lowest BCUT2D eigenvalue weighted by atomic mass is 9.77. The molecule has 61 heavy (non-hydrogen) atoms. The van der Waals surface area contributed by atoms with Crippen LogP contribution in [0.25, 0.3) is 0 Å². The molecule has 2 aromatic carbocycles. The van der Waals surface area contributed by atoms with Crippen molar-refractivity contribution in [1.29, 1.82) is 0 Å². The molecule has 2 aliphatic carbocycles. The van der Waals surface area contributed by atoms with E-state index in [1.165, 1.54) is 41.7 Å². The molecule has 5 N–H and O–H groups in total. The Kier molecular flexibility index (Phi) is 14.7. The third kappa shape index (κ3) is 12.3. The van der Waals surface area contributed by atoms with Gasteiger partial charge in [0.25, 0.3) is 0 Å². The van der Waals surface area contributed by atoms with E-state index in [-0.39, 0.29) is 45.2 Å². The minimum Gasteiger partial charge on any atom is -0.487 e. The van der Waals surface area contributed by atoms with E-state index in [2.05, 4.69) is 30.9 Å². The van der Waals surface area contributed by atoms with E-state index in [9.17, 15) is 13.6 Å². The van der Waals surface area contributed by atoms with E-state index in [1.807, 2.05) is 47.2 Å². The highest BCUT2D eigenvalue weighted by atomic mass is 35.5. The van der Waals surface area contributed by atoms with Crippen molar-refractivity contribution in [3.05, 3.63) is 129 Å². The number of pyridine rings is 2. The number of anilines is 4. The summed E-state index contributed by atoms with van der Waals surface area (Å²) in [4.78, 5) is 29.8. The normalized spacial score (nSPS) is 21.1. The van der Waals surface area contributed by atoms with Gasteiger partial charge in [-0.3, -0.25) is 4.79 Å². The molecule has 2 aliphatic rings. The maximum atomic E-state index is 14.2. The summed E-state index contributed by atoms with van der Waals surface area (Å²) in [6.07, 6.45) is 10.4. The third-order valence-electron chi connectivity index (χ3n) is 10.7. The Hall–Kier alpha value is -4.93. The predicted molar refractivity (Wildman–Crippen MR) is 239 cm³/mol. The number of nitrogens with two attached hydrogens (primary N) is 1.